The summed E-state index contributed by atoms with van der Waals surface area (Å²) >= 11 is 12.6. The Bertz CT molecular complexity index is 1680. The first-order valence-corrected chi connectivity index (χ1v) is 11.5. The van der Waals surface area contributed by atoms with Gasteiger partial charge in [0.2, 0.25) is 11.1 Å². The van der Waals surface area contributed by atoms with Gasteiger partial charge in [0.25, 0.3) is 11.4 Å². The zero-order valence-electron chi connectivity index (χ0n) is 18.3. The lowest BCUT2D eigenvalue weighted by Crippen LogP contribution is -2.28. The van der Waals surface area contributed by atoms with Crippen LogP contribution in [-0.2, 0) is 6.42 Å². The van der Waals surface area contributed by atoms with Crippen molar-refractivity contribution in [3.63, 3.8) is 0 Å². The molecule has 11 nitrogen and oxygen atoms in total. The molecule has 0 saturated carbocycles. The van der Waals surface area contributed by atoms with E-state index in [1.54, 1.807) is 22.8 Å². The Hall–Kier alpha value is -4.16. The van der Waals surface area contributed by atoms with E-state index in [1.807, 2.05) is 0 Å². The van der Waals surface area contributed by atoms with Gasteiger partial charge in [-0.3, -0.25) is 9.36 Å². The lowest BCUT2D eigenvalue weighted by molar-refractivity contribution is -0.379. The molecule has 1 aliphatic rings. The number of aromatic amines is 2. The molecule has 4 N–H and O–H groups in total. The highest BCUT2D eigenvalue weighted by Gasteiger charge is 2.34. The zero-order valence-corrected chi connectivity index (χ0v) is 19.8. The fourth-order valence-corrected chi connectivity index (χ4v) is 4.85. The van der Waals surface area contributed by atoms with Crippen LogP contribution in [0.15, 0.2) is 47.5 Å². The van der Waals surface area contributed by atoms with Crippen LogP contribution in [0.4, 0.5) is 10.2 Å². The Morgan fingerprint density at radius 1 is 1.14 bits per heavy atom. The molecule has 4 aromatic heterocycles. The molecule has 36 heavy (non-hydrogen) atoms. The minimum Gasteiger partial charge on any atom is -0.384 e. The van der Waals surface area contributed by atoms with E-state index in [-0.39, 0.29) is 22.1 Å². The number of benzene rings is 1. The van der Waals surface area contributed by atoms with Crippen molar-refractivity contribution < 1.29 is 9.37 Å². The average molecular weight is 526 g/mol. The first-order valence-electron chi connectivity index (χ1n) is 10.8. The smallest absolute Gasteiger partial charge is 0.277 e. The maximum absolute atomic E-state index is 14.4. The molecule has 0 amide bonds. The molecule has 1 unspecified atom stereocenters. The number of hydrogen-bond acceptors (Lipinski definition) is 7. The van der Waals surface area contributed by atoms with Crippen molar-refractivity contribution in [2.24, 2.45) is 0 Å². The van der Waals surface area contributed by atoms with Gasteiger partial charge in [-0.25, -0.2) is 19.9 Å². The van der Waals surface area contributed by atoms with Crippen molar-refractivity contribution in [1.82, 2.24) is 39.7 Å². The molecular weight excluding hydrogens is 510 g/mol. The first-order chi connectivity index (χ1) is 17.4. The molecule has 0 bridgehead atoms. The van der Waals surface area contributed by atoms with E-state index < -0.39 is 12.0 Å². The third-order valence-electron chi connectivity index (χ3n) is 6.01. The maximum Gasteiger partial charge on any atom is 0.277 e. The first kappa shape index (κ1) is 22.3. The number of pyridine rings is 1. The second-order valence-corrected chi connectivity index (χ2v) is 8.98. The van der Waals surface area contributed by atoms with Crippen LogP contribution in [0.2, 0.25) is 10.2 Å². The van der Waals surface area contributed by atoms with Crippen LogP contribution in [0.5, 0.6) is 0 Å². The monoisotopic (exact) mass is 525 g/mol. The highest BCUT2D eigenvalue weighted by molar-refractivity contribution is 6.31. The summed E-state index contributed by atoms with van der Waals surface area (Å²) in [5.74, 6) is 0.433. The highest BCUT2D eigenvalue weighted by Crippen LogP contribution is 2.33. The third kappa shape index (κ3) is 3.71. The number of imidazole rings is 1. The molecule has 0 fully saturated rings. The van der Waals surface area contributed by atoms with Gasteiger partial charge in [-0.1, -0.05) is 11.6 Å². The normalized spacial score (nSPS) is 14.8. The van der Waals surface area contributed by atoms with Crippen molar-refractivity contribution >= 4 is 29.0 Å². The number of halogens is 3. The van der Waals surface area contributed by atoms with Crippen LogP contribution < -0.4 is 16.3 Å². The minimum absolute atomic E-state index is 0.0595. The molecule has 14 heteroatoms. The molecule has 0 saturated heterocycles. The van der Waals surface area contributed by atoms with Gasteiger partial charge in [-0.2, -0.15) is 9.07 Å². The quantitative estimate of drug-likeness (QED) is 0.342. The van der Waals surface area contributed by atoms with Gasteiger partial charge in [-0.15, -0.1) is 5.10 Å². The summed E-state index contributed by atoms with van der Waals surface area (Å²) in [6.45, 7) is 0. The van der Waals surface area contributed by atoms with Crippen LogP contribution in [0.25, 0.3) is 28.2 Å². The van der Waals surface area contributed by atoms with Gasteiger partial charge in [0, 0.05) is 23.1 Å². The summed E-state index contributed by atoms with van der Waals surface area (Å²) < 4.78 is 17.5. The number of nitrogens with zero attached hydrogens (tertiary/aromatic N) is 7. The van der Waals surface area contributed by atoms with Gasteiger partial charge < -0.3 is 5.73 Å². The van der Waals surface area contributed by atoms with Gasteiger partial charge in [0.05, 0.1) is 16.9 Å². The molecule has 1 aromatic carbocycles. The fourth-order valence-electron chi connectivity index (χ4n) is 4.43. The van der Waals surface area contributed by atoms with E-state index in [0.29, 0.717) is 52.2 Å². The van der Waals surface area contributed by atoms with Gasteiger partial charge in [0.1, 0.15) is 24.0 Å². The number of hydrogen-bond donors (Lipinski definition) is 2. The molecule has 5 aromatic rings. The molecule has 5 heterocycles. The second kappa shape index (κ2) is 8.50. The number of anilines is 1. The third-order valence-corrected chi connectivity index (χ3v) is 6.52. The molecule has 6 rings (SSSR count). The highest BCUT2D eigenvalue weighted by atomic mass is 35.5. The van der Waals surface area contributed by atoms with Gasteiger partial charge >= 0.3 is 0 Å². The molecule has 1 atom stereocenters. The minimum atomic E-state index is -0.756. The Labute approximate surface area is 211 Å². The number of nitrogens with one attached hydrogen (secondary N) is 2. The van der Waals surface area contributed by atoms with Gasteiger partial charge in [0.15, 0.2) is 5.69 Å². The van der Waals surface area contributed by atoms with Crippen LogP contribution in [-0.4, -0.2) is 39.7 Å². The van der Waals surface area contributed by atoms with E-state index in [1.165, 1.54) is 29.2 Å². The van der Waals surface area contributed by atoms with Crippen LogP contribution in [0.3, 0.4) is 0 Å². The van der Waals surface area contributed by atoms with Gasteiger partial charge in [-0.05, 0) is 58.8 Å². The number of aryl methyl sites for hydroxylation is 1. The Morgan fingerprint density at radius 3 is 2.78 bits per heavy atom. The maximum atomic E-state index is 14.4. The van der Waals surface area contributed by atoms with Crippen LogP contribution in [0.1, 0.15) is 24.1 Å². The van der Waals surface area contributed by atoms with Crippen LogP contribution in [0, 0.1) is 5.95 Å². The predicted molar refractivity (Wildman–Crippen MR) is 128 cm³/mol. The predicted octanol–water partition coefficient (Wildman–Crippen LogP) is 2.65. The zero-order chi connectivity index (χ0) is 25.0. The summed E-state index contributed by atoms with van der Waals surface area (Å²) in [5.41, 5.74) is 7.45. The summed E-state index contributed by atoms with van der Waals surface area (Å²) in [7, 11) is 0. The molecule has 1 aliphatic heterocycles. The standard InChI is InChI=1S/C22H15Cl2FN10O/c23-10-1-3-14(34-9-27-32-33-34)12(7-10)13-8-18(36)35-15(4-6-17(35)28-13)22-30-19(20(24)31-22)11-2-5-16(26)29-21(11)25/h1-3,5,7-9,15H,4,6H2,(H2,26,29)(H,30,31)/p+1. The molecule has 180 valence electrons. The summed E-state index contributed by atoms with van der Waals surface area (Å²) in [6.07, 6.45) is 2.56. The average Bonchev–Trinajstić information content (AvgIpc) is 3.59. The summed E-state index contributed by atoms with van der Waals surface area (Å²) in [6, 6.07) is 9.19. The number of nitrogens with two attached hydrogens (primary N) is 1. The molecule has 0 aliphatic carbocycles. The topological polar surface area (TPSA) is 147 Å². The number of tetrazole rings is 1. The van der Waals surface area contributed by atoms with E-state index in [4.69, 9.17) is 33.9 Å². The van der Waals surface area contributed by atoms with Crippen molar-refractivity contribution in [2.75, 3.05) is 5.73 Å². The van der Waals surface area contributed by atoms with E-state index in [9.17, 15) is 9.18 Å². The SMILES string of the molecule is Nc1ccc(-c2[nH+]c(C3CCc4nc(-c5cc(Cl)ccc5-n5cnnn5)cc(=O)n43)[nH]c2Cl)c(F)n1. The Kier molecular flexibility index (Phi) is 5.27. The fraction of sp³-hybridized carbons (Fsp3) is 0.136. The second-order valence-electron chi connectivity index (χ2n) is 8.16. The van der Waals surface area contributed by atoms with E-state index in [2.05, 4.69) is 30.5 Å². The number of aromatic nitrogens is 9. The summed E-state index contributed by atoms with van der Waals surface area (Å²) in [4.78, 5) is 27.9. The number of rotatable bonds is 4. The number of nitrogen functional groups attached to an aromatic ring is 1. The molecular formula is C22H16Cl2FN10O+. The molecule has 0 radical (unpaired) electrons. The van der Waals surface area contributed by atoms with Crippen LogP contribution >= 0.6 is 23.2 Å². The van der Waals surface area contributed by atoms with Crippen molar-refractivity contribution in [2.45, 2.75) is 18.9 Å². The lowest BCUT2D eigenvalue weighted by atomic mass is 10.1. The van der Waals surface area contributed by atoms with Crippen molar-refractivity contribution in [3.05, 3.63) is 80.9 Å². The van der Waals surface area contributed by atoms with E-state index >= 15 is 0 Å². The number of H-pyrrole nitrogens is 2. The number of fused-ring (bicyclic) bond motifs is 1. The molecule has 0 spiro atoms. The van der Waals surface area contributed by atoms with E-state index in [0.717, 1.165) is 0 Å². The lowest BCUT2D eigenvalue weighted by Gasteiger charge is -2.12. The van der Waals surface area contributed by atoms with Crippen molar-refractivity contribution in [1.29, 1.82) is 0 Å². The van der Waals surface area contributed by atoms with Crippen molar-refractivity contribution in [3.8, 4) is 28.2 Å². The largest absolute Gasteiger partial charge is 0.384 e. The Morgan fingerprint density at radius 2 is 2.00 bits per heavy atom. The Balaban J connectivity index is 1.41. The summed E-state index contributed by atoms with van der Waals surface area (Å²) in [5, 5.41) is 12.0.